The van der Waals surface area contributed by atoms with Gasteiger partial charge < -0.3 is 19.9 Å². The fourth-order valence-corrected chi connectivity index (χ4v) is 3.38. The van der Waals surface area contributed by atoms with Crippen molar-refractivity contribution in [3.05, 3.63) is 23.8 Å². The van der Waals surface area contributed by atoms with Gasteiger partial charge in [-0.2, -0.15) is 0 Å². The van der Waals surface area contributed by atoms with Crippen LogP contribution < -0.4 is 14.8 Å². The third-order valence-corrected chi connectivity index (χ3v) is 4.45. The second-order valence-electron chi connectivity index (χ2n) is 5.91. The average Bonchev–Trinajstić information content (AvgIpc) is 2.76. The summed E-state index contributed by atoms with van der Waals surface area (Å²) in [6.07, 6.45) is 4.16. The first kappa shape index (κ1) is 17.1. The molecule has 1 aliphatic heterocycles. The molecule has 124 valence electrons. The van der Waals surface area contributed by atoms with E-state index >= 15 is 0 Å². The molecule has 4 heteroatoms. The number of aliphatic hydroxyl groups excluding tert-OH is 1. The van der Waals surface area contributed by atoms with E-state index < -0.39 is 0 Å². The Morgan fingerprint density at radius 3 is 2.73 bits per heavy atom. The second-order valence-corrected chi connectivity index (χ2v) is 5.91. The van der Waals surface area contributed by atoms with Gasteiger partial charge >= 0.3 is 0 Å². The molecule has 0 bridgehead atoms. The number of hydrogen-bond acceptors (Lipinski definition) is 4. The number of benzene rings is 1. The number of hydrogen-bond donors (Lipinski definition) is 2. The van der Waals surface area contributed by atoms with Crippen molar-refractivity contribution in [3.63, 3.8) is 0 Å². The Morgan fingerprint density at radius 2 is 2.00 bits per heavy atom. The van der Waals surface area contributed by atoms with Gasteiger partial charge in [-0.1, -0.05) is 6.42 Å². The Labute approximate surface area is 133 Å². The Balaban J connectivity index is 2.44. The molecule has 0 amide bonds. The van der Waals surface area contributed by atoms with Crippen LogP contribution in [-0.4, -0.2) is 38.0 Å². The minimum Gasteiger partial charge on any atom is -0.494 e. The topological polar surface area (TPSA) is 50.7 Å². The molecule has 2 rings (SSSR count). The van der Waals surface area contributed by atoms with E-state index in [2.05, 4.69) is 11.4 Å². The van der Waals surface area contributed by atoms with Crippen molar-refractivity contribution >= 4 is 0 Å². The van der Waals surface area contributed by atoms with Crippen molar-refractivity contribution < 1.29 is 14.6 Å². The molecule has 1 saturated heterocycles. The van der Waals surface area contributed by atoms with Gasteiger partial charge in [0.15, 0.2) is 0 Å². The molecule has 1 fully saturated rings. The zero-order chi connectivity index (χ0) is 15.8. The van der Waals surface area contributed by atoms with Gasteiger partial charge in [-0.05, 0) is 57.9 Å². The average molecular weight is 307 g/mol. The molecule has 22 heavy (non-hydrogen) atoms. The quantitative estimate of drug-likeness (QED) is 0.813. The standard InChI is InChI=1S/C18H29NO3/c1-3-21-15-7-8-17(22-4-2)16(13-15)18(10-12-20)9-5-6-11-19-14-18/h7-8,13,19-20H,3-6,9-12,14H2,1-2H3. The summed E-state index contributed by atoms with van der Waals surface area (Å²) in [5.41, 5.74) is 1.09. The largest absolute Gasteiger partial charge is 0.494 e. The zero-order valence-corrected chi connectivity index (χ0v) is 13.9. The molecule has 1 aromatic carbocycles. The number of aliphatic hydroxyl groups is 1. The molecule has 2 N–H and O–H groups in total. The van der Waals surface area contributed by atoms with E-state index in [1.165, 1.54) is 12.0 Å². The smallest absolute Gasteiger partial charge is 0.123 e. The Hall–Kier alpha value is -1.26. The van der Waals surface area contributed by atoms with E-state index in [-0.39, 0.29) is 12.0 Å². The predicted octanol–water partition coefficient (Wildman–Crippen LogP) is 2.88. The molecule has 4 nitrogen and oxygen atoms in total. The minimum atomic E-state index is -0.0805. The molecule has 1 aliphatic rings. The summed E-state index contributed by atoms with van der Waals surface area (Å²) in [6, 6.07) is 6.08. The summed E-state index contributed by atoms with van der Waals surface area (Å²) in [5, 5.41) is 13.2. The molecule has 1 atom stereocenters. The SMILES string of the molecule is CCOc1ccc(OCC)c(C2(CCO)CCCCNC2)c1. The number of ether oxygens (including phenoxy) is 2. The lowest BCUT2D eigenvalue weighted by Crippen LogP contribution is -2.38. The molecule has 0 radical (unpaired) electrons. The normalized spacial score (nSPS) is 22.1. The van der Waals surface area contributed by atoms with Crippen LogP contribution in [0.3, 0.4) is 0 Å². The number of rotatable bonds is 7. The van der Waals surface area contributed by atoms with Crippen molar-refractivity contribution in [3.8, 4) is 11.5 Å². The molecule has 1 unspecified atom stereocenters. The molecular formula is C18H29NO3. The lowest BCUT2D eigenvalue weighted by molar-refractivity contribution is 0.222. The minimum absolute atomic E-state index is 0.0805. The van der Waals surface area contributed by atoms with E-state index in [4.69, 9.17) is 9.47 Å². The van der Waals surface area contributed by atoms with Crippen LogP contribution in [0.2, 0.25) is 0 Å². The van der Waals surface area contributed by atoms with Crippen molar-refractivity contribution in [1.82, 2.24) is 5.32 Å². The van der Waals surface area contributed by atoms with Crippen LogP contribution >= 0.6 is 0 Å². The fraction of sp³-hybridized carbons (Fsp3) is 0.667. The van der Waals surface area contributed by atoms with Crippen molar-refractivity contribution in [2.75, 3.05) is 32.9 Å². The summed E-state index contributed by atoms with van der Waals surface area (Å²) >= 11 is 0. The molecule has 1 heterocycles. The predicted molar refractivity (Wildman–Crippen MR) is 88.9 cm³/mol. The number of nitrogens with one attached hydrogen (secondary N) is 1. The Bertz CT molecular complexity index is 454. The van der Waals surface area contributed by atoms with Gasteiger partial charge in [0.1, 0.15) is 11.5 Å². The van der Waals surface area contributed by atoms with E-state index in [0.717, 1.165) is 43.9 Å². The fourth-order valence-electron chi connectivity index (χ4n) is 3.38. The Morgan fingerprint density at radius 1 is 1.18 bits per heavy atom. The van der Waals surface area contributed by atoms with Crippen LogP contribution in [0.4, 0.5) is 0 Å². The van der Waals surface area contributed by atoms with Gasteiger partial charge in [-0.25, -0.2) is 0 Å². The van der Waals surface area contributed by atoms with Gasteiger partial charge in [-0.15, -0.1) is 0 Å². The van der Waals surface area contributed by atoms with Crippen LogP contribution in [0.1, 0.15) is 45.1 Å². The highest BCUT2D eigenvalue weighted by Crippen LogP contribution is 2.41. The molecule has 1 aromatic rings. The zero-order valence-electron chi connectivity index (χ0n) is 13.9. The van der Waals surface area contributed by atoms with Gasteiger partial charge in [0.2, 0.25) is 0 Å². The van der Waals surface area contributed by atoms with Gasteiger partial charge in [0, 0.05) is 24.1 Å². The van der Waals surface area contributed by atoms with Gasteiger partial charge in [0.25, 0.3) is 0 Å². The summed E-state index contributed by atoms with van der Waals surface area (Å²) in [4.78, 5) is 0. The van der Waals surface area contributed by atoms with Crippen molar-refractivity contribution in [1.29, 1.82) is 0 Å². The van der Waals surface area contributed by atoms with E-state index in [9.17, 15) is 5.11 Å². The van der Waals surface area contributed by atoms with Crippen LogP contribution in [0.15, 0.2) is 18.2 Å². The monoisotopic (exact) mass is 307 g/mol. The molecular weight excluding hydrogens is 278 g/mol. The third kappa shape index (κ3) is 3.93. The highest BCUT2D eigenvalue weighted by atomic mass is 16.5. The van der Waals surface area contributed by atoms with E-state index in [0.29, 0.717) is 13.2 Å². The van der Waals surface area contributed by atoms with Gasteiger partial charge in [0.05, 0.1) is 13.2 Å². The summed E-state index contributed by atoms with van der Waals surface area (Å²) in [7, 11) is 0. The lowest BCUT2D eigenvalue weighted by Gasteiger charge is -2.34. The first-order valence-corrected chi connectivity index (χ1v) is 8.47. The summed E-state index contributed by atoms with van der Waals surface area (Å²) in [5.74, 6) is 1.80. The third-order valence-electron chi connectivity index (χ3n) is 4.45. The van der Waals surface area contributed by atoms with E-state index in [1.807, 2.05) is 26.0 Å². The maximum absolute atomic E-state index is 9.63. The Kier molecular flexibility index (Phi) is 6.52. The first-order valence-electron chi connectivity index (χ1n) is 8.47. The van der Waals surface area contributed by atoms with Crippen LogP contribution in [0.5, 0.6) is 11.5 Å². The van der Waals surface area contributed by atoms with Crippen molar-refractivity contribution in [2.45, 2.75) is 44.9 Å². The van der Waals surface area contributed by atoms with Crippen LogP contribution in [0, 0.1) is 0 Å². The lowest BCUT2D eigenvalue weighted by atomic mass is 9.74. The summed E-state index contributed by atoms with van der Waals surface area (Å²) < 4.78 is 11.6. The van der Waals surface area contributed by atoms with Crippen LogP contribution in [-0.2, 0) is 5.41 Å². The first-order chi connectivity index (χ1) is 10.8. The molecule has 0 saturated carbocycles. The van der Waals surface area contributed by atoms with Gasteiger partial charge in [-0.3, -0.25) is 0 Å². The maximum Gasteiger partial charge on any atom is 0.123 e. The molecule has 0 spiro atoms. The van der Waals surface area contributed by atoms with Crippen molar-refractivity contribution in [2.24, 2.45) is 0 Å². The van der Waals surface area contributed by atoms with E-state index in [1.54, 1.807) is 0 Å². The summed E-state index contributed by atoms with van der Waals surface area (Å²) in [6.45, 7) is 7.40. The highest BCUT2D eigenvalue weighted by Gasteiger charge is 2.35. The second kappa shape index (κ2) is 8.39. The van der Waals surface area contributed by atoms with Crippen LogP contribution in [0.25, 0.3) is 0 Å². The molecule has 0 aromatic heterocycles. The highest BCUT2D eigenvalue weighted by molar-refractivity contribution is 5.45. The molecule has 0 aliphatic carbocycles. The maximum atomic E-state index is 9.63.